The molecule has 0 saturated heterocycles. The fourth-order valence-corrected chi connectivity index (χ4v) is 3.81. The van der Waals surface area contributed by atoms with Crippen molar-refractivity contribution in [2.75, 3.05) is 18.9 Å². The van der Waals surface area contributed by atoms with Crippen molar-refractivity contribution in [3.63, 3.8) is 0 Å². The molecule has 0 unspecified atom stereocenters. The number of rotatable bonds is 7. The summed E-state index contributed by atoms with van der Waals surface area (Å²) in [4.78, 5) is 23.5. The van der Waals surface area contributed by atoms with Crippen molar-refractivity contribution in [1.82, 2.24) is 14.9 Å². The minimum Gasteiger partial charge on any atom is -0.370 e. The summed E-state index contributed by atoms with van der Waals surface area (Å²) in [5.74, 6) is 0.403. The van der Waals surface area contributed by atoms with Crippen LogP contribution < -0.4 is 5.32 Å². The van der Waals surface area contributed by atoms with Gasteiger partial charge in [-0.05, 0) is 43.7 Å². The van der Waals surface area contributed by atoms with Gasteiger partial charge in [-0.15, -0.1) is 0 Å². The second kappa shape index (κ2) is 9.01. The van der Waals surface area contributed by atoms with Crippen LogP contribution in [0.5, 0.6) is 0 Å². The van der Waals surface area contributed by atoms with Crippen LogP contribution in [0, 0.1) is 5.82 Å². The molecule has 0 aliphatic carbocycles. The number of fused-ring (bicyclic) bond motifs is 1. The van der Waals surface area contributed by atoms with E-state index >= 15 is 0 Å². The molecule has 0 bridgehead atoms. The molecule has 3 rings (SSSR count). The molecule has 1 N–H and O–H groups in total. The summed E-state index contributed by atoms with van der Waals surface area (Å²) >= 11 is 1.32. The number of carbonyl (C=O) groups excluding carboxylic acids is 1. The molecule has 1 heterocycles. The average Bonchev–Trinajstić information content (AvgIpc) is 2.67. The molecule has 0 aliphatic rings. The van der Waals surface area contributed by atoms with Gasteiger partial charge in [-0.1, -0.05) is 36.0 Å². The SMILES string of the molecule is CCNc1nc(S[C@H](C)C(=O)N(C)Cc2cccc(F)c2)nc2ccccc12. The van der Waals surface area contributed by atoms with Gasteiger partial charge in [-0.25, -0.2) is 14.4 Å². The smallest absolute Gasteiger partial charge is 0.235 e. The van der Waals surface area contributed by atoms with Crippen molar-refractivity contribution in [3.8, 4) is 0 Å². The first-order valence-corrected chi connectivity index (χ1v) is 10.0. The third kappa shape index (κ3) is 4.78. The van der Waals surface area contributed by atoms with E-state index in [9.17, 15) is 9.18 Å². The van der Waals surface area contributed by atoms with Crippen molar-refractivity contribution < 1.29 is 9.18 Å². The molecule has 28 heavy (non-hydrogen) atoms. The Hall–Kier alpha value is -2.67. The van der Waals surface area contributed by atoms with Gasteiger partial charge in [0.2, 0.25) is 5.91 Å². The number of hydrogen-bond acceptors (Lipinski definition) is 5. The molecule has 0 fully saturated rings. The molecule has 5 nitrogen and oxygen atoms in total. The first-order chi connectivity index (χ1) is 13.5. The number of para-hydroxylation sites is 1. The average molecular weight is 399 g/mol. The highest BCUT2D eigenvalue weighted by molar-refractivity contribution is 8.00. The van der Waals surface area contributed by atoms with Crippen LogP contribution in [0.3, 0.4) is 0 Å². The highest BCUT2D eigenvalue weighted by atomic mass is 32.2. The molecular weight excluding hydrogens is 375 g/mol. The Balaban J connectivity index is 1.74. The molecule has 3 aromatic rings. The Kier molecular flexibility index (Phi) is 6.46. The number of anilines is 1. The summed E-state index contributed by atoms with van der Waals surface area (Å²) in [6.07, 6.45) is 0. The second-order valence-corrected chi connectivity index (χ2v) is 7.79. The Morgan fingerprint density at radius 2 is 2.00 bits per heavy atom. The highest BCUT2D eigenvalue weighted by Gasteiger charge is 2.21. The minimum atomic E-state index is -0.366. The first kappa shape index (κ1) is 20.1. The monoisotopic (exact) mass is 398 g/mol. The maximum atomic E-state index is 13.4. The van der Waals surface area contributed by atoms with Crippen LogP contribution in [-0.2, 0) is 11.3 Å². The van der Waals surface area contributed by atoms with Gasteiger partial charge in [-0.2, -0.15) is 0 Å². The largest absolute Gasteiger partial charge is 0.370 e. The summed E-state index contributed by atoms with van der Waals surface area (Å²) in [6.45, 7) is 4.94. The highest BCUT2D eigenvalue weighted by Crippen LogP contribution is 2.27. The van der Waals surface area contributed by atoms with Crippen molar-refractivity contribution in [3.05, 3.63) is 59.9 Å². The maximum Gasteiger partial charge on any atom is 0.235 e. The zero-order valence-electron chi connectivity index (χ0n) is 16.1. The van der Waals surface area contributed by atoms with Crippen molar-refractivity contribution >= 4 is 34.4 Å². The molecule has 0 saturated carbocycles. The Morgan fingerprint density at radius 1 is 1.21 bits per heavy atom. The number of halogens is 1. The summed E-state index contributed by atoms with van der Waals surface area (Å²) in [6, 6.07) is 14.1. The predicted octanol–water partition coefficient (Wildman–Crippen LogP) is 4.34. The topological polar surface area (TPSA) is 58.1 Å². The predicted molar refractivity (Wildman–Crippen MR) is 112 cm³/mol. The van der Waals surface area contributed by atoms with Gasteiger partial charge < -0.3 is 10.2 Å². The number of aromatic nitrogens is 2. The number of hydrogen-bond donors (Lipinski definition) is 1. The van der Waals surface area contributed by atoms with Crippen molar-refractivity contribution in [2.24, 2.45) is 0 Å². The van der Waals surface area contributed by atoms with Crippen LogP contribution in [0.15, 0.2) is 53.7 Å². The van der Waals surface area contributed by atoms with E-state index in [2.05, 4.69) is 15.3 Å². The molecule has 146 valence electrons. The maximum absolute atomic E-state index is 13.4. The van der Waals surface area contributed by atoms with E-state index in [0.29, 0.717) is 11.7 Å². The van der Waals surface area contributed by atoms with Crippen LogP contribution in [0.25, 0.3) is 10.9 Å². The summed E-state index contributed by atoms with van der Waals surface area (Å²) in [5, 5.41) is 4.40. The number of nitrogens with one attached hydrogen (secondary N) is 1. The summed E-state index contributed by atoms with van der Waals surface area (Å²) in [7, 11) is 1.72. The fraction of sp³-hybridized carbons (Fsp3) is 0.286. The molecule has 1 atom stereocenters. The number of amides is 1. The van der Waals surface area contributed by atoms with E-state index in [-0.39, 0.29) is 17.0 Å². The van der Waals surface area contributed by atoms with Crippen molar-refractivity contribution in [2.45, 2.75) is 30.8 Å². The normalized spacial score (nSPS) is 12.0. The van der Waals surface area contributed by atoms with Gasteiger partial charge in [0, 0.05) is 25.5 Å². The minimum absolute atomic E-state index is 0.0592. The molecular formula is C21H23FN4OS. The lowest BCUT2D eigenvalue weighted by Gasteiger charge is -2.21. The molecule has 1 amide bonds. The van der Waals surface area contributed by atoms with Crippen LogP contribution in [0.1, 0.15) is 19.4 Å². The molecule has 7 heteroatoms. The van der Waals surface area contributed by atoms with Crippen LogP contribution in [0.2, 0.25) is 0 Å². The standard InChI is InChI=1S/C21H23FN4OS/c1-4-23-19-17-10-5-6-11-18(17)24-21(25-19)28-14(2)20(27)26(3)13-15-8-7-9-16(22)12-15/h5-12,14H,4,13H2,1-3H3,(H,23,24,25)/t14-/m1/s1. The summed E-state index contributed by atoms with van der Waals surface area (Å²) in [5.41, 5.74) is 1.59. The van der Waals surface area contributed by atoms with E-state index in [0.717, 1.165) is 28.8 Å². The van der Waals surface area contributed by atoms with Crippen LogP contribution in [-0.4, -0.2) is 39.6 Å². The van der Waals surface area contributed by atoms with Gasteiger partial charge in [0.05, 0.1) is 10.8 Å². The molecule has 2 aromatic carbocycles. The van der Waals surface area contributed by atoms with E-state index in [1.807, 2.05) is 38.1 Å². The second-order valence-electron chi connectivity index (χ2n) is 6.49. The van der Waals surface area contributed by atoms with E-state index in [1.54, 1.807) is 24.1 Å². The van der Waals surface area contributed by atoms with Crippen LogP contribution >= 0.6 is 11.8 Å². The van der Waals surface area contributed by atoms with Crippen LogP contribution in [0.4, 0.5) is 10.2 Å². The third-order valence-corrected chi connectivity index (χ3v) is 5.19. The van der Waals surface area contributed by atoms with E-state index in [1.165, 1.54) is 23.9 Å². The Bertz CT molecular complexity index is 982. The number of nitrogens with zero attached hydrogens (tertiary/aromatic N) is 3. The van der Waals surface area contributed by atoms with Crippen molar-refractivity contribution in [1.29, 1.82) is 0 Å². The molecule has 0 spiro atoms. The first-order valence-electron chi connectivity index (χ1n) is 9.14. The lowest BCUT2D eigenvalue weighted by atomic mass is 10.2. The fourth-order valence-electron chi connectivity index (χ4n) is 2.92. The molecule has 0 aliphatic heterocycles. The molecule has 0 radical (unpaired) electrons. The van der Waals surface area contributed by atoms with Gasteiger partial charge >= 0.3 is 0 Å². The molecule has 1 aromatic heterocycles. The summed E-state index contributed by atoms with van der Waals surface area (Å²) < 4.78 is 13.4. The number of carbonyl (C=O) groups is 1. The van der Waals surface area contributed by atoms with E-state index < -0.39 is 0 Å². The third-order valence-electron chi connectivity index (χ3n) is 4.24. The number of thioether (sulfide) groups is 1. The lowest BCUT2D eigenvalue weighted by molar-refractivity contribution is -0.129. The quantitative estimate of drug-likeness (QED) is 0.474. The zero-order valence-corrected chi connectivity index (χ0v) is 17.0. The zero-order chi connectivity index (χ0) is 20.1. The number of benzene rings is 2. The lowest BCUT2D eigenvalue weighted by Crippen LogP contribution is -2.32. The Labute approximate surface area is 168 Å². The van der Waals surface area contributed by atoms with Gasteiger partial charge in [0.25, 0.3) is 0 Å². The van der Waals surface area contributed by atoms with Gasteiger partial charge in [-0.3, -0.25) is 4.79 Å². The Morgan fingerprint density at radius 3 is 2.75 bits per heavy atom. The van der Waals surface area contributed by atoms with Gasteiger partial charge in [0.1, 0.15) is 11.6 Å². The van der Waals surface area contributed by atoms with E-state index in [4.69, 9.17) is 0 Å². The van der Waals surface area contributed by atoms with Gasteiger partial charge in [0.15, 0.2) is 5.16 Å².